The number of likely N-dealkylation sites (N-methyl/N-ethyl adjacent to an activating group) is 1. The first kappa shape index (κ1) is 17.5. The molecular formula is C23H31NO4. The largest absolute Gasteiger partial charge is 0.493 e. The molecule has 2 heterocycles. The average molecular weight is 386 g/mol. The Hall–Kier alpha value is -1.30. The van der Waals surface area contributed by atoms with Gasteiger partial charge < -0.3 is 24.2 Å². The fourth-order valence-electron chi connectivity index (χ4n) is 8.59. The Morgan fingerprint density at radius 2 is 2.07 bits per heavy atom. The molecule has 1 unspecified atom stereocenters. The molecular weight excluding hydrogens is 354 g/mol. The van der Waals surface area contributed by atoms with Crippen molar-refractivity contribution in [3.05, 3.63) is 23.3 Å². The normalized spacial score (nSPS) is 47.6. The highest BCUT2D eigenvalue weighted by Gasteiger charge is 2.82. The Kier molecular flexibility index (Phi) is 3.17. The van der Waals surface area contributed by atoms with Gasteiger partial charge in [-0.2, -0.15) is 0 Å². The van der Waals surface area contributed by atoms with E-state index in [2.05, 4.69) is 31.0 Å². The smallest absolute Gasteiger partial charge is 0.165 e. The fraction of sp³-hybridized carbons (Fsp3) is 0.739. The van der Waals surface area contributed by atoms with E-state index in [1.165, 1.54) is 11.1 Å². The zero-order chi connectivity index (χ0) is 19.5. The number of aliphatic hydroxyl groups excluding tert-OH is 1. The van der Waals surface area contributed by atoms with Crippen molar-refractivity contribution in [1.82, 2.24) is 4.90 Å². The summed E-state index contributed by atoms with van der Waals surface area (Å²) in [6.45, 7) is 3.44. The topological polar surface area (TPSA) is 51.2 Å². The Morgan fingerprint density at radius 3 is 2.79 bits per heavy atom. The van der Waals surface area contributed by atoms with Crippen molar-refractivity contribution in [3.63, 3.8) is 0 Å². The van der Waals surface area contributed by atoms with Gasteiger partial charge in [0.05, 0.1) is 13.7 Å². The number of nitrogens with zero attached hydrogens (tertiary/aromatic N) is 1. The minimum absolute atomic E-state index is 0.0371. The quantitative estimate of drug-likeness (QED) is 0.867. The van der Waals surface area contributed by atoms with Gasteiger partial charge in [-0.15, -0.1) is 0 Å². The van der Waals surface area contributed by atoms with Crippen LogP contribution in [0.15, 0.2) is 12.1 Å². The fourth-order valence-corrected chi connectivity index (χ4v) is 8.59. The number of fused-ring (bicyclic) bond motifs is 2. The molecule has 4 aliphatic carbocycles. The number of hydrogen-bond donors (Lipinski definition) is 1. The van der Waals surface area contributed by atoms with Crippen molar-refractivity contribution < 1.29 is 19.3 Å². The molecule has 0 aromatic heterocycles. The molecule has 6 aliphatic rings. The predicted octanol–water partition coefficient (Wildman–Crippen LogP) is 2.52. The van der Waals surface area contributed by atoms with Crippen LogP contribution in [0.1, 0.15) is 43.7 Å². The summed E-state index contributed by atoms with van der Waals surface area (Å²) in [6, 6.07) is 4.82. The van der Waals surface area contributed by atoms with Crippen LogP contribution in [-0.4, -0.2) is 62.2 Å². The molecule has 4 bridgehead atoms. The van der Waals surface area contributed by atoms with E-state index in [9.17, 15) is 5.11 Å². The maximum absolute atomic E-state index is 10.6. The number of methoxy groups -OCH3 is 2. The number of benzene rings is 1. The highest BCUT2D eigenvalue weighted by atomic mass is 16.6. The van der Waals surface area contributed by atoms with Crippen molar-refractivity contribution in [2.75, 3.05) is 34.4 Å². The zero-order valence-corrected chi connectivity index (χ0v) is 17.4. The van der Waals surface area contributed by atoms with Gasteiger partial charge in [0.2, 0.25) is 0 Å². The van der Waals surface area contributed by atoms with Gasteiger partial charge >= 0.3 is 0 Å². The number of likely N-dealkylation sites (tertiary alicyclic amines) is 1. The summed E-state index contributed by atoms with van der Waals surface area (Å²) in [5.41, 5.74) is 2.13. The average Bonchev–Trinajstić information content (AvgIpc) is 3.07. The van der Waals surface area contributed by atoms with Gasteiger partial charge in [-0.25, -0.2) is 0 Å². The first-order valence-electron chi connectivity index (χ1n) is 10.7. The Balaban J connectivity index is 1.71. The van der Waals surface area contributed by atoms with Crippen LogP contribution in [0.5, 0.6) is 11.5 Å². The van der Waals surface area contributed by atoms with Crippen molar-refractivity contribution in [2.24, 2.45) is 10.8 Å². The molecule has 3 saturated carbocycles. The molecule has 7 rings (SSSR count). The third kappa shape index (κ3) is 1.48. The van der Waals surface area contributed by atoms with Crippen molar-refractivity contribution in [2.45, 2.75) is 62.2 Å². The van der Waals surface area contributed by atoms with Gasteiger partial charge in [-0.3, -0.25) is 0 Å². The lowest BCUT2D eigenvalue weighted by Gasteiger charge is -2.76. The Morgan fingerprint density at radius 1 is 1.25 bits per heavy atom. The van der Waals surface area contributed by atoms with E-state index in [0.717, 1.165) is 50.1 Å². The molecule has 5 heteroatoms. The van der Waals surface area contributed by atoms with Gasteiger partial charge in [0.1, 0.15) is 11.7 Å². The maximum Gasteiger partial charge on any atom is 0.165 e. The van der Waals surface area contributed by atoms with Crippen LogP contribution in [0.3, 0.4) is 0 Å². The van der Waals surface area contributed by atoms with Crippen LogP contribution in [0.4, 0.5) is 0 Å². The number of ether oxygens (including phenoxy) is 3. The summed E-state index contributed by atoms with van der Waals surface area (Å²) >= 11 is 0. The van der Waals surface area contributed by atoms with Gasteiger partial charge in [-0.05, 0) is 57.3 Å². The zero-order valence-electron chi connectivity index (χ0n) is 17.4. The summed E-state index contributed by atoms with van der Waals surface area (Å²) < 4.78 is 19.0. The van der Waals surface area contributed by atoms with Gasteiger partial charge in [-0.1, -0.05) is 13.0 Å². The van der Waals surface area contributed by atoms with Crippen molar-refractivity contribution in [1.29, 1.82) is 0 Å². The number of piperidine rings is 1. The number of hydrogen-bond acceptors (Lipinski definition) is 5. The third-order valence-corrected chi connectivity index (χ3v) is 9.69. The van der Waals surface area contributed by atoms with E-state index in [-0.39, 0.29) is 29.0 Å². The van der Waals surface area contributed by atoms with Crippen LogP contribution in [0, 0.1) is 10.8 Å². The van der Waals surface area contributed by atoms with E-state index >= 15 is 0 Å². The molecule has 2 spiro atoms. The summed E-state index contributed by atoms with van der Waals surface area (Å²) in [4.78, 5) is 2.58. The minimum atomic E-state index is -0.470. The first-order chi connectivity index (χ1) is 13.4. The highest BCUT2D eigenvalue weighted by Crippen LogP contribution is 2.78. The van der Waals surface area contributed by atoms with E-state index < -0.39 is 5.60 Å². The number of aliphatic hydroxyl groups is 1. The molecule has 6 atom stereocenters. The Labute approximate surface area is 167 Å². The van der Waals surface area contributed by atoms with Crippen LogP contribution >= 0.6 is 0 Å². The molecule has 2 aliphatic heterocycles. The molecule has 152 valence electrons. The molecule has 1 saturated heterocycles. The van der Waals surface area contributed by atoms with E-state index in [1.807, 2.05) is 7.11 Å². The van der Waals surface area contributed by atoms with Crippen LogP contribution in [0.25, 0.3) is 0 Å². The van der Waals surface area contributed by atoms with E-state index in [0.29, 0.717) is 6.04 Å². The van der Waals surface area contributed by atoms with Gasteiger partial charge in [0.15, 0.2) is 11.5 Å². The van der Waals surface area contributed by atoms with Crippen LogP contribution in [0.2, 0.25) is 0 Å². The summed E-state index contributed by atoms with van der Waals surface area (Å²) in [5.74, 6) is 1.79. The summed E-state index contributed by atoms with van der Waals surface area (Å²) in [7, 11) is 5.84. The molecule has 5 nitrogen and oxygen atoms in total. The molecule has 0 radical (unpaired) electrons. The maximum atomic E-state index is 10.6. The molecule has 1 aromatic carbocycles. The van der Waals surface area contributed by atoms with Gasteiger partial charge in [0, 0.05) is 35.0 Å². The summed E-state index contributed by atoms with van der Waals surface area (Å²) in [6.07, 6.45) is 5.16. The van der Waals surface area contributed by atoms with E-state index in [1.54, 1.807) is 7.11 Å². The van der Waals surface area contributed by atoms with Crippen molar-refractivity contribution in [3.8, 4) is 11.5 Å². The van der Waals surface area contributed by atoms with Crippen LogP contribution < -0.4 is 9.47 Å². The second kappa shape index (κ2) is 5.05. The van der Waals surface area contributed by atoms with E-state index in [4.69, 9.17) is 14.2 Å². The SMILES string of the molecule is COc1ccc2c3c1O[C@H]1C4(OC)CC[C@@]5(C[C@]4(C)CO)[C@@H](C2)N(C)CC[C@]315. The summed E-state index contributed by atoms with van der Waals surface area (Å²) in [5, 5.41) is 10.6. The molecule has 4 fully saturated rings. The van der Waals surface area contributed by atoms with Crippen molar-refractivity contribution >= 4 is 0 Å². The lowest BCUT2D eigenvalue weighted by atomic mass is 9.32. The monoisotopic (exact) mass is 385 g/mol. The second-order valence-electron chi connectivity index (χ2n) is 10.2. The third-order valence-electron chi connectivity index (χ3n) is 9.69. The highest BCUT2D eigenvalue weighted by molar-refractivity contribution is 5.63. The number of rotatable bonds is 3. The Bertz CT molecular complexity index is 872. The first-order valence-corrected chi connectivity index (χ1v) is 10.7. The minimum Gasteiger partial charge on any atom is -0.493 e. The molecule has 1 aromatic rings. The standard InChI is InChI=1S/C23H31NO4/c1-20(13-25)12-21-7-8-23(20,27-4)19-22(21)9-10-24(2)16(21)11-14-5-6-15(26-3)18(28-19)17(14)22/h5-6,16,19,25H,7-13H2,1-4H3/t16-,19-,20-,21-,22+,23?/m1/s1. The lowest BCUT2D eigenvalue weighted by Crippen LogP contribution is -2.83. The molecule has 28 heavy (non-hydrogen) atoms. The van der Waals surface area contributed by atoms with Gasteiger partial charge in [0.25, 0.3) is 0 Å². The molecule has 1 N–H and O–H groups in total. The van der Waals surface area contributed by atoms with Crippen LogP contribution in [-0.2, 0) is 16.6 Å². The second-order valence-corrected chi connectivity index (χ2v) is 10.2. The predicted molar refractivity (Wildman–Crippen MR) is 105 cm³/mol. The molecule has 0 amide bonds. The lowest BCUT2D eigenvalue weighted by molar-refractivity contribution is -0.310.